The molecule has 0 atom stereocenters. The van der Waals surface area contributed by atoms with Gasteiger partial charge in [-0.25, -0.2) is 4.79 Å². The quantitative estimate of drug-likeness (QED) is 0.651. The van der Waals surface area contributed by atoms with Crippen LogP contribution in [0.4, 0.5) is 4.79 Å². The van der Waals surface area contributed by atoms with Crippen molar-refractivity contribution in [3.8, 4) is 0 Å². The molecule has 0 rings (SSSR count). The fourth-order valence-corrected chi connectivity index (χ4v) is 2.73. The summed E-state index contributed by atoms with van der Waals surface area (Å²) in [5.41, 5.74) is -0.548. The van der Waals surface area contributed by atoms with Crippen LogP contribution in [0, 0.1) is 0 Å². The molecule has 4 nitrogen and oxygen atoms in total. The van der Waals surface area contributed by atoms with Crippen LogP contribution in [0.2, 0.25) is 0 Å². The van der Waals surface area contributed by atoms with Crippen LogP contribution in [-0.4, -0.2) is 25.5 Å². The lowest BCUT2D eigenvalue weighted by Crippen LogP contribution is -2.08. The third-order valence-electron chi connectivity index (χ3n) is 1.09. The molecule has 0 aliphatic rings. The Bertz CT molecular complexity index is 197. The van der Waals surface area contributed by atoms with Gasteiger partial charge in [-0.2, -0.15) is 0 Å². The Morgan fingerprint density at radius 2 is 1.62 bits per heavy atom. The van der Waals surface area contributed by atoms with E-state index in [0.29, 0.717) is 13.2 Å². The molecule has 13 heavy (non-hydrogen) atoms. The van der Waals surface area contributed by atoms with E-state index in [1.165, 1.54) is 0 Å². The first kappa shape index (κ1) is 13.0. The first-order valence-electron chi connectivity index (χ1n) is 4.17. The molecule has 78 valence electrons. The van der Waals surface area contributed by atoms with Crippen molar-refractivity contribution < 1.29 is 18.6 Å². The van der Waals surface area contributed by atoms with E-state index in [2.05, 4.69) is 0 Å². The summed E-state index contributed by atoms with van der Waals surface area (Å²) in [6.07, 6.45) is 0. The number of hydrogen-bond donors (Lipinski definition) is 0. The van der Waals surface area contributed by atoms with Gasteiger partial charge in [0.25, 0.3) is 6.49 Å². The van der Waals surface area contributed by atoms with Crippen LogP contribution < -0.4 is 0 Å². The van der Waals surface area contributed by atoms with E-state index in [1.54, 1.807) is 20.8 Å². The van der Waals surface area contributed by atoms with Crippen molar-refractivity contribution in [3.05, 3.63) is 0 Å². The Labute approximate surface area is 83.7 Å². The summed E-state index contributed by atoms with van der Waals surface area (Å²) < 4.78 is 15.0. The summed E-state index contributed by atoms with van der Waals surface area (Å²) >= 11 is 4.98. The van der Waals surface area contributed by atoms with Crippen molar-refractivity contribution in [1.82, 2.24) is 0 Å². The molecule has 0 aliphatic heterocycles. The van der Waals surface area contributed by atoms with E-state index in [1.807, 2.05) is 0 Å². The number of carbonyl (C=O) groups is 1. The standard InChI is InChI=1S/C7H15O4PS/c1-4-9-7(8)12(13,10-5-2)11-6-3/h4-6H2,1-3H3. The van der Waals surface area contributed by atoms with Crippen molar-refractivity contribution in [3.63, 3.8) is 0 Å². The molecule has 0 amide bonds. The predicted molar refractivity (Wildman–Crippen MR) is 54.6 cm³/mol. The lowest BCUT2D eigenvalue weighted by atomic mass is 10.9. The maximum absolute atomic E-state index is 11.3. The molecule has 0 fully saturated rings. The highest BCUT2D eigenvalue weighted by molar-refractivity contribution is 8.17. The number of carbonyl (C=O) groups excluding carboxylic acids is 1. The highest BCUT2D eigenvalue weighted by Gasteiger charge is 2.30. The highest BCUT2D eigenvalue weighted by atomic mass is 32.5. The van der Waals surface area contributed by atoms with Crippen LogP contribution in [0.25, 0.3) is 0 Å². The molecular weight excluding hydrogens is 211 g/mol. The second-order valence-corrected chi connectivity index (χ2v) is 5.35. The molecule has 0 spiro atoms. The largest absolute Gasteiger partial charge is 0.459 e. The summed E-state index contributed by atoms with van der Waals surface area (Å²) in [4.78, 5) is 11.3. The van der Waals surface area contributed by atoms with Gasteiger partial charge >= 0.3 is 5.71 Å². The molecule has 0 aromatic carbocycles. The maximum atomic E-state index is 11.3. The average molecular weight is 226 g/mol. The third-order valence-corrected chi connectivity index (χ3v) is 3.94. The van der Waals surface area contributed by atoms with Gasteiger partial charge in [0.05, 0.1) is 19.8 Å². The number of hydrogen-bond acceptors (Lipinski definition) is 5. The van der Waals surface area contributed by atoms with Gasteiger partial charge < -0.3 is 13.8 Å². The summed E-state index contributed by atoms with van der Waals surface area (Å²) in [5, 5.41) is 0. The Hall–Kier alpha value is 0.0400. The molecule has 0 aliphatic carbocycles. The number of ether oxygens (including phenoxy) is 1. The maximum Gasteiger partial charge on any atom is 0.390 e. The molecular formula is C7H15O4PS. The van der Waals surface area contributed by atoms with Crippen LogP contribution in [0.15, 0.2) is 0 Å². The van der Waals surface area contributed by atoms with Crippen molar-refractivity contribution in [2.24, 2.45) is 0 Å². The molecule has 0 saturated carbocycles. The molecule has 0 aromatic heterocycles. The van der Waals surface area contributed by atoms with Crippen LogP contribution in [0.3, 0.4) is 0 Å². The second kappa shape index (κ2) is 6.49. The van der Waals surface area contributed by atoms with Crippen molar-refractivity contribution in [2.45, 2.75) is 20.8 Å². The normalized spacial score (nSPS) is 11.3. The van der Waals surface area contributed by atoms with Crippen LogP contribution in [0.5, 0.6) is 0 Å². The van der Waals surface area contributed by atoms with Gasteiger partial charge in [-0.1, -0.05) is 0 Å². The number of rotatable bonds is 6. The second-order valence-electron chi connectivity index (χ2n) is 2.03. The Morgan fingerprint density at radius 3 is 1.92 bits per heavy atom. The lowest BCUT2D eigenvalue weighted by Gasteiger charge is -2.18. The van der Waals surface area contributed by atoms with Crippen LogP contribution >= 0.6 is 6.49 Å². The minimum atomic E-state index is -2.85. The van der Waals surface area contributed by atoms with Crippen LogP contribution in [0.1, 0.15) is 20.8 Å². The van der Waals surface area contributed by atoms with Crippen molar-refractivity contribution in [2.75, 3.05) is 19.8 Å². The molecule has 0 aromatic rings. The lowest BCUT2D eigenvalue weighted by molar-refractivity contribution is 0.165. The smallest absolute Gasteiger partial charge is 0.390 e. The minimum absolute atomic E-state index is 0.289. The molecule has 0 N–H and O–H groups in total. The predicted octanol–water partition coefficient (Wildman–Crippen LogP) is 2.53. The monoisotopic (exact) mass is 226 g/mol. The SMILES string of the molecule is CCOC(=O)P(=S)(OCC)OCC. The topological polar surface area (TPSA) is 44.8 Å². The van der Waals surface area contributed by atoms with E-state index in [0.717, 1.165) is 0 Å². The first-order chi connectivity index (χ1) is 6.10. The van der Waals surface area contributed by atoms with Gasteiger partial charge in [-0.15, -0.1) is 0 Å². The van der Waals surface area contributed by atoms with Crippen LogP contribution in [-0.2, 0) is 25.6 Å². The molecule has 0 heterocycles. The van der Waals surface area contributed by atoms with Gasteiger partial charge in [0.15, 0.2) is 0 Å². The minimum Gasteiger partial charge on any atom is -0.459 e. The fraction of sp³-hybridized carbons (Fsp3) is 0.857. The Morgan fingerprint density at radius 1 is 1.15 bits per heavy atom. The molecule has 6 heteroatoms. The molecule has 0 radical (unpaired) electrons. The van der Waals surface area contributed by atoms with E-state index in [9.17, 15) is 4.79 Å². The zero-order valence-electron chi connectivity index (χ0n) is 8.11. The fourth-order valence-electron chi connectivity index (χ4n) is 0.685. The van der Waals surface area contributed by atoms with Gasteiger partial charge in [-0.3, -0.25) is 0 Å². The van der Waals surface area contributed by atoms with Gasteiger partial charge in [0.2, 0.25) is 0 Å². The van der Waals surface area contributed by atoms with Crippen molar-refractivity contribution >= 4 is 24.0 Å². The third kappa shape index (κ3) is 4.18. The van der Waals surface area contributed by atoms with E-state index in [4.69, 9.17) is 25.6 Å². The van der Waals surface area contributed by atoms with E-state index in [-0.39, 0.29) is 6.61 Å². The Balaban J connectivity index is 4.38. The van der Waals surface area contributed by atoms with Crippen molar-refractivity contribution in [1.29, 1.82) is 0 Å². The summed E-state index contributed by atoms with van der Waals surface area (Å²) in [5.74, 6) is 0. The Kier molecular flexibility index (Phi) is 6.51. The zero-order chi connectivity index (χ0) is 10.3. The zero-order valence-corrected chi connectivity index (χ0v) is 9.82. The summed E-state index contributed by atoms with van der Waals surface area (Å²) in [6.45, 7) is 3.39. The summed E-state index contributed by atoms with van der Waals surface area (Å²) in [6, 6.07) is 0. The van der Waals surface area contributed by atoms with Gasteiger partial charge in [-0.05, 0) is 32.6 Å². The highest BCUT2D eigenvalue weighted by Crippen LogP contribution is 2.50. The van der Waals surface area contributed by atoms with E-state index < -0.39 is 12.2 Å². The first-order valence-corrected chi connectivity index (χ1v) is 6.81. The van der Waals surface area contributed by atoms with E-state index >= 15 is 0 Å². The van der Waals surface area contributed by atoms with Gasteiger partial charge in [0, 0.05) is 0 Å². The molecule has 0 saturated heterocycles. The average Bonchev–Trinajstić information content (AvgIpc) is 2.05. The van der Waals surface area contributed by atoms with Gasteiger partial charge in [0.1, 0.15) is 0 Å². The summed E-state index contributed by atoms with van der Waals surface area (Å²) in [7, 11) is 0. The molecule has 0 unspecified atom stereocenters. The molecule has 0 bridgehead atoms.